The van der Waals surface area contributed by atoms with Crippen molar-refractivity contribution in [1.82, 2.24) is 0 Å². The molecule has 0 aliphatic heterocycles. The molecule has 0 saturated heterocycles. The minimum Gasteiger partial charge on any atom is -0.481 e. The van der Waals surface area contributed by atoms with Gasteiger partial charge in [-0.1, -0.05) is 0 Å². The quantitative estimate of drug-likeness (QED) is 0.504. The van der Waals surface area contributed by atoms with Gasteiger partial charge >= 0.3 is 11.9 Å². The van der Waals surface area contributed by atoms with Gasteiger partial charge in [0.15, 0.2) is 17.0 Å². The SMILES string of the molecule is COC(=O)C(CC(=O)O)(C(C)=O)C(C)=O. The molecule has 0 radical (unpaired) electrons. The second kappa shape index (κ2) is 4.68. The van der Waals surface area contributed by atoms with Gasteiger partial charge in [-0.05, 0) is 13.8 Å². The number of carbonyl (C=O) groups excluding carboxylic acids is 3. The highest BCUT2D eigenvalue weighted by Gasteiger charge is 2.51. The van der Waals surface area contributed by atoms with Crippen LogP contribution < -0.4 is 0 Å². The van der Waals surface area contributed by atoms with Gasteiger partial charge in [-0.3, -0.25) is 19.2 Å². The number of Topliss-reactive ketones (excluding diaryl/α,β-unsaturated/α-hetero) is 2. The first-order valence-electron chi connectivity index (χ1n) is 4.11. The van der Waals surface area contributed by atoms with Crippen LogP contribution in [0.5, 0.6) is 0 Å². The Morgan fingerprint density at radius 3 is 1.73 bits per heavy atom. The first kappa shape index (κ1) is 13.3. The third kappa shape index (κ3) is 2.39. The summed E-state index contributed by atoms with van der Waals surface area (Å²) in [6.07, 6.45) is -0.885. The van der Waals surface area contributed by atoms with Crippen molar-refractivity contribution in [2.45, 2.75) is 20.3 Å². The highest BCUT2D eigenvalue weighted by Crippen LogP contribution is 2.26. The van der Waals surface area contributed by atoms with Crippen LogP contribution in [0.3, 0.4) is 0 Å². The molecule has 0 unspecified atom stereocenters. The van der Waals surface area contributed by atoms with E-state index in [1.54, 1.807) is 0 Å². The van der Waals surface area contributed by atoms with Crippen LogP contribution in [0, 0.1) is 5.41 Å². The van der Waals surface area contributed by atoms with E-state index < -0.39 is 35.3 Å². The van der Waals surface area contributed by atoms with Crippen molar-refractivity contribution >= 4 is 23.5 Å². The van der Waals surface area contributed by atoms with Crippen molar-refractivity contribution in [2.75, 3.05) is 7.11 Å². The zero-order chi connectivity index (χ0) is 12.2. The molecule has 0 spiro atoms. The maximum atomic E-state index is 11.3. The second-order valence-electron chi connectivity index (χ2n) is 3.08. The van der Waals surface area contributed by atoms with Gasteiger partial charge in [0.25, 0.3) is 0 Å². The number of ketones is 2. The maximum absolute atomic E-state index is 11.3. The Bertz CT molecular complexity index is 303. The second-order valence-corrected chi connectivity index (χ2v) is 3.08. The molecule has 0 saturated carbocycles. The summed E-state index contributed by atoms with van der Waals surface area (Å²) in [4.78, 5) is 44.4. The van der Waals surface area contributed by atoms with Crippen LogP contribution in [0.2, 0.25) is 0 Å². The minimum absolute atomic E-state index is 0.829. The average Bonchev–Trinajstić information content (AvgIpc) is 2.11. The lowest BCUT2D eigenvalue weighted by Crippen LogP contribution is -2.46. The van der Waals surface area contributed by atoms with Gasteiger partial charge in [0.2, 0.25) is 0 Å². The average molecular weight is 216 g/mol. The Kier molecular flexibility index (Phi) is 4.14. The molecule has 0 aliphatic rings. The summed E-state index contributed by atoms with van der Waals surface area (Å²) >= 11 is 0. The Balaban J connectivity index is 5.47. The van der Waals surface area contributed by atoms with Gasteiger partial charge in [0.05, 0.1) is 13.5 Å². The number of carboxylic acid groups (broad SMARTS) is 1. The predicted molar refractivity (Wildman–Crippen MR) is 48.1 cm³/mol. The zero-order valence-electron chi connectivity index (χ0n) is 8.70. The maximum Gasteiger partial charge on any atom is 0.327 e. The summed E-state index contributed by atoms with van der Waals surface area (Å²) in [5.74, 6) is -4.20. The molecule has 0 aromatic rings. The van der Waals surface area contributed by atoms with Gasteiger partial charge in [-0.2, -0.15) is 0 Å². The van der Waals surface area contributed by atoms with E-state index >= 15 is 0 Å². The number of aliphatic carboxylic acids is 1. The number of carbonyl (C=O) groups is 4. The number of carboxylic acids is 1. The van der Waals surface area contributed by atoms with Gasteiger partial charge < -0.3 is 9.84 Å². The zero-order valence-corrected chi connectivity index (χ0v) is 8.70. The molecule has 84 valence electrons. The van der Waals surface area contributed by atoms with Crippen LogP contribution in [0.4, 0.5) is 0 Å². The van der Waals surface area contributed by atoms with Crippen molar-refractivity contribution < 1.29 is 29.0 Å². The molecule has 15 heavy (non-hydrogen) atoms. The van der Waals surface area contributed by atoms with E-state index in [4.69, 9.17) is 5.11 Å². The van der Waals surface area contributed by atoms with E-state index in [1.165, 1.54) is 0 Å². The number of rotatable bonds is 5. The van der Waals surface area contributed by atoms with Crippen molar-refractivity contribution in [3.63, 3.8) is 0 Å². The predicted octanol–water partition coefficient (Wildman–Crippen LogP) is -0.202. The fourth-order valence-corrected chi connectivity index (χ4v) is 1.26. The summed E-state index contributed by atoms with van der Waals surface area (Å²) in [7, 11) is 0.991. The number of hydrogen-bond acceptors (Lipinski definition) is 5. The number of esters is 1. The summed E-state index contributed by atoms with van der Waals surface area (Å²) in [6.45, 7) is 1.97. The van der Waals surface area contributed by atoms with Crippen LogP contribution in [0.25, 0.3) is 0 Å². The monoisotopic (exact) mass is 216 g/mol. The molecule has 0 heterocycles. The molecule has 6 heteroatoms. The summed E-state index contributed by atoms with van der Waals surface area (Å²) in [6, 6.07) is 0. The first-order chi connectivity index (χ1) is 6.78. The van der Waals surface area contributed by atoms with E-state index in [-0.39, 0.29) is 0 Å². The van der Waals surface area contributed by atoms with Crippen LogP contribution in [0.1, 0.15) is 20.3 Å². The van der Waals surface area contributed by atoms with Gasteiger partial charge in [0, 0.05) is 0 Å². The van der Waals surface area contributed by atoms with E-state index in [1.807, 2.05) is 0 Å². The van der Waals surface area contributed by atoms with E-state index in [0.29, 0.717) is 0 Å². The van der Waals surface area contributed by atoms with Crippen molar-refractivity contribution in [3.05, 3.63) is 0 Å². The lowest BCUT2D eigenvalue weighted by Gasteiger charge is -2.23. The van der Waals surface area contributed by atoms with Crippen LogP contribution in [-0.4, -0.2) is 35.7 Å². The fraction of sp³-hybridized carbons (Fsp3) is 0.556. The van der Waals surface area contributed by atoms with E-state index in [0.717, 1.165) is 21.0 Å². The largest absolute Gasteiger partial charge is 0.481 e. The molecular weight excluding hydrogens is 204 g/mol. The normalized spacial score (nSPS) is 10.6. The van der Waals surface area contributed by atoms with Crippen molar-refractivity contribution in [2.24, 2.45) is 5.41 Å². The minimum atomic E-state index is -2.21. The highest BCUT2D eigenvalue weighted by atomic mass is 16.5. The molecule has 0 aromatic carbocycles. The molecule has 0 atom stereocenters. The Labute approximate surface area is 86.2 Å². The topological polar surface area (TPSA) is 97.7 Å². The smallest absolute Gasteiger partial charge is 0.327 e. The molecule has 0 amide bonds. The molecule has 0 aliphatic carbocycles. The van der Waals surface area contributed by atoms with E-state index in [9.17, 15) is 19.2 Å². The lowest BCUT2D eigenvalue weighted by molar-refractivity contribution is -0.166. The summed E-state index contributed by atoms with van der Waals surface area (Å²) in [5.41, 5.74) is -2.21. The molecule has 0 fully saturated rings. The Morgan fingerprint density at radius 1 is 1.13 bits per heavy atom. The third-order valence-electron chi connectivity index (χ3n) is 2.15. The molecule has 0 rings (SSSR count). The van der Waals surface area contributed by atoms with Gasteiger partial charge in [-0.25, -0.2) is 0 Å². The Morgan fingerprint density at radius 2 is 1.53 bits per heavy atom. The van der Waals surface area contributed by atoms with Crippen LogP contribution in [0.15, 0.2) is 0 Å². The van der Waals surface area contributed by atoms with E-state index in [2.05, 4.69) is 4.74 Å². The standard InChI is InChI=1S/C9H12O6/c1-5(10)9(6(2)11,4-7(12)13)8(14)15-3/h4H2,1-3H3,(H,12,13). The molecule has 6 nitrogen and oxygen atoms in total. The van der Waals surface area contributed by atoms with Crippen molar-refractivity contribution in [1.29, 1.82) is 0 Å². The molecular formula is C9H12O6. The number of hydrogen-bond donors (Lipinski definition) is 1. The van der Waals surface area contributed by atoms with Gasteiger partial charge in [-0.15, -0.1) is 0 Å². The number of ether oxygens (including phenoxy) is 1. The summed E-state index contributed by atoms with van der Waals surface area (Å²) < 4.78 is 4.30. The molecule has 1 N–H and O–H groups in total. The van der Waals surface area contributed by atoms with Crippen LogP contribution >= 0.6 is 0 Å². The lowest BCUT2D eigenvalue weighted by atomic mass is 9.77. The van der Waals surface area contributed by atoms with Gasteiger partial charge in [0.1, 0.15) is 0 Å². The highest BCUT2D eigenvalue weighted by molar-refractivity contribution is 6.22. The number of methoxy groups -OCH3 is 1. The molecule has 0 aromatic heterocycles. The third-order valence-corrected chi connectivity index (χ3v) is 2.15. The fourth-order valence-electron chi connectivity index (χ4n) is 1.26. The summed E-state index contributed by atoms with van der Waals surface area (Å²) in [5, 5.41) is 8.58. The first-order valence-corrected chi connectivity index (χ1v) is 4.11. The molecule has 0 bridgehead atoms. The van der Waals surface area contributed by atoms with Crippen molar-refractivity contribution in [3.8, 4) is 0 Å². The van der Waals surface area contributed by atoms with Crippen LogP contribution in [-0.2, 0) is 23.9 Å². The Hall–Kier alpha value is -1.72.